The standard InChI is InChI=1S/C17H16N4O3/c1-3-24-17(23)12-4-6-14(7-5-12)18-16(22)13-8-9-21-11(2)19-20-15(21)10-13/h4-10H,3H2,1-2H3,(H,18,22). The van der Waals surface area contributed by atoms with Gasteiger partial charge in [0.05, 0.1) is 12.2 Å². The number of pyridine rings is 1. The summed E-state index contributed by atoms with van der Waals surface area (Å²) in [5.74, 6) is 0.108. The fraction of sp³-hybridized carbons (Fsp3) is 0.176. The maximum Gasteiger partial charge on any atom is 0.338 e. The number of aromatic nitrogens is 3. The van der Waals surface area contributed by atoms with Crippen LogP contribution >= 0.6 is 0 Å². The molecule has 122 valence electrons. The van der Waals surface area contributed by atoms with Crippen molar-refractivity contribution in [1.82, 2.24) is 14.6 Å². The molecule has 0 unspecified atom stereocenters. The molecule has 0 saturated heterocycles. The Hall–Kier alpha value is -3.22. The van der Waals surface area contributed by atoms with Gasteiger partial charge < -0.3 is 10.1 Å². The van der Waals surface area contributed by atoms with Crippen LogP contribution < -0.4 is 5.32 Å². The number of carbonyl (C=O) groups is 2. The molecule has 24 heavy (non-hydrogen) atoms. The van der Waals surface area contributed by atoms with Crippen molar-refractivity contribution in [3.8, 4) is 0 Å². The van der Waals surface area contributed by atoms with Crippen molar-refractivity contribution in [2.75, 3.05) is 11.9 Å². The Morgan fingerprint density at radius 2 is 1.88 bits per heavy atom. The van der Waals surface area contributed by atoms with Crippen LogP contribution in [0.3, 0.4) is 0 Å². The third kappa shape index (κ3) is 3.10. The van der Waals surface area contributed by atoms with E-state index in [2.05, 4.69) is 15.5 Å². The van der Waals surface area contributed by atoms with Gasteiger partial charge >= 0.3 is 5.97 Å². The van der Waals surface area contributed by atoms with E-state index in [9.17, 15) is 9.59 Å². The zero-order valence-corrected chi connectivity index (χ0v) is 13.3. The molecule has 1 aromatic carbocycles. The molecular weight excluding hydrogens is 308 g/mol. The Balaban J connectivity index is 1.74. The number of nitrogens with one attached hydrogen (secondary N) is 1. The molecule has 3 aromatic rings. The minimum Gasteiger partial charge on any atom is -0.462 e. The lowest BCUT2D eigenvalue weighted by atomic mass is 10.2. The molecular formula is C17H16N4O3. The van der Waals surface area contributed by atoms with E-state index < -0.39 is 0 Å². The number of hydrogen-bond acceptors (Lipinski definition) is 5. The Morgan fingerprint density at radius 1 is 1.12 bits per heavy atom. The van der Waals surface area contributed by atoms with Gasteiger partial charge in [-0.2, -0.15) is 0 Å². The molecule has 0 spiro atoms. The molecule has 0 atom stereocenters. The van der Waals surface area contributed by atoms with Gasteiger partial charge in [-0.05, 0) is 50.2 Å². The van der Waals surface area contributed by atoms with Crippen LogP contribution in [0.1, 0.15) is 33.5 Å². The quantitative estimate of drug-likeness (QED) is 0.745. The molecule has 0 saturated carbocycles. The lowest BCUT2D eigenvalue weighted by Crippen LogP contribution is -2.12. The van der Waals surface area contributed by atoms with E-state index in [1.54, 1.807) is 53.9 Å². The first-order valence-corrected chi connectivity index (χ1v) is 7.48. The Morgan fingerprint density at radius 3 is 2.58 bits per heavy atom. The van der Waals surface area contributed by atoms with E-state index in [4.69, 9.17) is 4.74 Å². The van der Waals surface area contributed by atoms with E-state index in [1.807, 2.05) is 6.92 Å². The predicted octanol–water partition coefficient (Wildman–Crippen LogP) is 2.47. The van der Waals surface area contributed by atoms with E-state index in [1.165, 1.54) is 0 Å². The van der Waals surface area contributed by atoms with Gasteiger partial charge in [-0.3, -0.25) is 9.20 Å². The molecule has 0 fully saturated rings. The average molecular weight is 324 g/mol. The number of anilines is 1. The third-order valence-corrected chi connectivity index (χ3v) is 3.50. The highest BCUT2D eigenvalue weighted by atomic mass is 16.5. The second kappa shape index (κ2) is 6.49. The second-order valence-electron chi connectivity index (χ2n) is 5.14. The molecule has 2 aromatic heterocycles. The monoisotopic (exact) mass is 324 g/mol. The van der Waals surface area contributed by atoms with Crippen molar-refractivity contribution in [2.24, 2.45) is 0 Å². The van der Waals surface area contributed by atoms with Crippen molar-refractivity contribution in [1.29, 1.82) is 0 Å². The molecule has 7 nitrogen and oxygen atoms in total. The Kier molecular flexibility index (Phi) is 4.24. The van der Waals surface area contributed by atoms with Crippen LogP contribution in [0.5, 0.6) is 0 Å². The lowest BCUT2D eigenvalue weighted by Gasteiger charge is -2.07. The van der Waals surface area contributed by atoms with Crippen molar-refractivity contribution in [3.05, 3.63) is 59.5 Å². The maximum atomic E-state index is 12.3. The molecule has 1 amide bonds. The first kappa shape index (κ1) is 15.7. The minimum atomic E-state index is -0.386. The summed E-state index contributed by atoms with van der Waals surface area (Å²) in [5, 5.41) is 10.7. The van der Waals surface area contributed by atoms with E-state index in [0.717, 1.165) is 5.82 Å². The fourth-order valence-electron chi connectivity index (χ4n) is 2.26. The molecule has 3 rings (SSSR count). The summed E-state index contributed by atoms with van der Waals surface area (Å²) >= 11 is 0. The molecule has 1 N–H and O–H groups in total. The smallest absolute Gasteiger partial charge is 0.338 e. The summed E-state index contributed by atoms with van der Waals surface area (Å²) in [7, 11) is 0. The van der Waals surface area contributed by atoms with E-state index in [-0.39, 0.29) is 11.9 Å². The van der Waals surface area contributed by atoms with Crippen molar-refractivity contribution >= 4 is 23.2 Å². The Bertz CT molecular complexity index is 900. The van der Waals surface area contributed by atoms with Gasteiger partial charge in [0.1, 0.15) is 5.82 Å². The summed E-state index contributed by atoms with van der Waals surface area (Å²) in [6, 6.07) is 9.90. The van der Waals surface area contributed by atoms with Gasteiger partial charge in [-0.1, -0.05) is 0 Å². The number of fused-ring (bicyclic) bond motifs is 1. The van der Waals surface area contributed by atoms with E-state index >= 15 is 0 Å². The molecule has 0 aliphatic rings. The van der Waals surface area contributed by atoms with Gasteiger partial charge in [0.2, 0.25) is 0 Å². The highest BCUT2D eigenvalue weighted by Gasteiger charge is 2.10. The van der Waals surface area contributed by atoms with Crippen molar-refractivity contribution in [2.45, 2.75) is 13.8 Å². The number of benzene rings is 1. The van der Waals surface area contributed by atoms with Gasteiger partial charge in [0.15, 0.2) is 5.65 Å². The van der Waals surface area contributed by atoms with Crippen LogP contribution in [-0.4, -0.2) is 33.1 Å². The highest BCUT2D eigenvalue weighted by molar-refractivity contribution is 6.05. The summed E-state index contributed by atoms with van der Waals surface area (Å²) in [4.78, 5) is 23.9. The molecule has 0 aliphatic carbocycles. The lowest BCUT2D eigenvalue weighted by molar-refractivity contribution is 0.0526. The molecule has 0 radical (unpaired) electrons. The fourth-order valence-corrected chi connectivity index (χ4v) is 2.26. The first-order valence-electron chi connectivity index (χ1n) is 7.48. The minimum absolute atomic E-state index is 0.262. The van der Waals surface area contributed by atoms with Gasteiger partial charge in [0.25, 0.3) is 5.91 Å². The van der Waals surface area contributed by atoms with Gasteiger partial charge in [-0.15, -0.1) is 10.2 Å². The molecule has 0 bridgehead atoms. The number of hydrogen-bond donors (Lipinski definition) is 1. The molecule has 0 aliphatic heterocycles. The number of ether oxygens (including phenoxy) is 1. The van der Waals surface area contributed by atoms with E-state index in [0.29, 0.717) is 29.1 Å². The number of nitrogens with zero attached hydrogens (tertiary/aromatic N) is 3. The SMILES string of the molecule is CCOC(=O)c1ccc(NC(=O)c2ccn3c(C)nnc3c2)cc1. The largest absolute Gasteiger partial charge is 0.462 e. The average Bonchev–Trinajstić information content (AvgIpc) is 2.96. The van der Waals surface area contributed by atoms with Crippen LogP contribution in [0.4, 0.5) is 5.69 Å². The van der Waals surface area contributed by atoms with Crippen molar-refractivity contribution < 1.29 is 14.3 Å². The van der Waals surface area contributed by atoms with Gasteiger partial charge in [-0.25, -0.2) is 4.79 Å². The predicted molar refractivity (Wildman–Crippen MR) is 88.1 cm³/mol. The zero-order chi connectivity index (χ0) is 17.1. The normalized spacial score (nSPS) is 10.6. The zero-order valence-electron chi connectivity index (χ0n) is 13.3. The van der Waals surface area contributed by atoms with Crippen LogP contribution in [0, 0.1) is 6.92 Å². The molecule has 2 heterocycles. The maximum absolute atomic E-state index is 12.3. The Labute approximate surface area is 138 Å². The highest BCUT2D eigenvalue weighted by Crippen LogP contribution is 2.13. The summed E-state index contributed by atoms with van der Waals surface area (Å²) in [5.41, 5.74) is 2.11. The summed E-state index contributed by atoms with van der Waals surface area (Å²) in [6.07, 6.45) is 1.75. The number of rotatable bonds is 4. The van der Waals surface area contributed by atoms with Crippen LogP contribution in [0.2, 0.25) is 0 Å². The van der Waals surface area contributed by atoms with Crippen LogP contribution in [0.15, 0.2) is 42.6 Å². The third-order valence-electron chi connectivity index (χ3n) is 3.50. The number of esters is 1. The van der Waals surface area contributed by atoms with Crippen LogP contribution in [-0.2, 0) is 4.74 Å². The topological polar surface area (TPSA) is 85.6 Å². The summed E-state index contributed by atoms with van der Waals surface area (Å²) in [6.45, 7) is 3.91. The summed E-state index contributed by atoms with van der Waals surface area (Å²) < 4.78 is 6.72. The second-order valence-corrected chi connectivity index (χ2v) is 5.14. The van der Waals surface area contributed by atoms with Gasteiger partial charge in [0, 0.05) is 17.4 Å². The molecule has 7 heteroatoms. The van der Waals surface area contributed by atoms with Crippen LogP contribution in [0.25, 0.3) is 5.65 Å². The number of aryl methyl sites for hydroxylation is 1. The number of amides is 1. The first-order chi connectivity index (χ1) is 11.6. The number of carbonyl (C=O) groups excluding carboxylic acids is 2. The van der Waals surface area contributed by atoms with Crippen molar-refractivity contribution in [3.63, 3.8) is 0 Å².